The molecule has 18 heavy (non-hydrogen) atoms. The van der Waals surface area contributed by atoms with Crippen molar-refractivity contribution in [1.29, 1.82) is 0 Å². The Balaban J connectivity index is 2.35. The fourth-order valence-corrected chi connectivity index (χ4v) is 2.88. The molecule has 0 saturated heterocycles. The number of para-hydroxylation sites is 1. The van der Waals surface area contributed by atoms with Crippen LogP contribution < -0.4 is 0 Å². The molecule has 0 saturated carbocycles. The molecule has 0 atom stereocenters. The van der Waals surface area contributed by atoms with E-state index in [1.165, 1.54) is 0 Å². The van der Waals surface area contributed by atoms with E-state index in [0.29, 0.717) is 5.56 Å². The summed E-state index contributed by atoms with van der Waals surface area (Å²) in [6.07, 6.45) is 2.99. The third-order valence-corrected chi connectivity index (χ3v) is 3.70. The van der Waals surface area contributed by atoms with Crippen molar-refractivity contribution < 1.29 is 9.59 Å². The maximum atomic E-state index is 12.0. The van der Waals surface area contributed by atoms with Gasteiger partial charge in [0, 0.05) is 23.1 Å². The van der Waals surface area contributed by atoms with Gasteiger partial charge in [-0.25, -0.2) is 0 Å². The first-order chi connectivity index (χ1) is 8.70. The minimum atomic E-state index is -0.903. The molecule has 1 aliphatic rings. The number of benzene rings is 1. The number of nitrogens with zero attached hydrogens (tertiary/aromatic N) is 1. The molecule has 1 aromatic carbocycles. The predicted molar refractivity (Wildman–Crippen MR) is 70.1 cm³/mol. The van der Waals surface area contributed by atoms with Crippen molar-refractivity contribution >= 4 is 33.5 Å². The lowest BCUT2D eigenvalue weighted by Gasteiger charge is -2.16. The smallest absolute Gasteiger partial charge is 0.293 e. The summed E-state index contributed by atoms with van der Waals surface area (Å²) in [4.78, 5) is 23.2. The van der Waals surface area contributed by atoms with Crippen LogP contribution in [-0.2, 0) is 17.8 Å². The average molecular weight is 262 g/mol. The van der Waals surface area contributed by atoms with Gasteiger partial charge in [-0.15, -0.1) is 0 Å². The number of carbonyl (C=O) groups excluding carboxylic acids is 2. The maximum absolute atomic E-state index is 12.0. The van der Waals surface area contributed by atoms with Crippen LogP contribution in [0.1, 0.15) is 28.9 Å². The van der Waals surface area contributed by atoms with Gasteiger partial charge in [-0.1, -0.05) is 18.2 Å². The lowest BCUT2D eigenvalue weighted by Crippen LogP contribution is -2.15. The van der Waals surface area contributed by atoms with Crippen molar-refractivity contribution in [3.05, 3.63) is 35.5 Å². The van der Waals surface area contributed by atoms with Gasteiger partial charge in [0.1, 0.15) is 0 Å². The highest BCUT2D eigenvalue weighted by atomic mass is 35.5. The first-order valence-corrected chi connectivity index (χ1v) is 6.42. The van der Waals surface area contributed by atoms with E-state index >= 15 is 0 Å². The number of aromatic nitrogens is 1. The number of aryl methyl sites for hydroxylation is 1. The Labute approximate surface area is 109 Å². The topological polar surface area (TPSA) is 39.1 Å². The Morgan fingerprint density at radius 3 is 2.72 bits per heavy atom. The quantitative estimate of drug-likeness (QED) is 0.474. The molecule has 0 radical (unpaired) electrons. The Morgan fingerprint density at radius 1 is 1.17 bits per heavy atom. The Bertz CT molecular complexity index is 657. The second-order valence-electron chi connectivity index (χ2n) is 4.55. The number of hydrogen-bond donors (Lipinski definition) is 0. The zero-order valence-electron chi connectivity index (χ0n) is 9.78. The van der Waals surface area contributed by atoms with Gasteiger partial charge in [0.25, 0.3) is 5.24 Å². The molecular weight excluding hydrogens is 250 g/mol. The molecule has 4 heteroatoms. The van der Waals surface area contributed by atoms with E-state index in [0.717, 1.165) is 42.4 Å². The summed E-state index contributed by atoms with van der Waals surface area (Å²) in [5.41, 5.74) is 2.49. The lowest BCUT2D eigenvalue weighted by molar-refractivity contribution is -0.108. The van der Waals surface area contributed by atoms with Crippen LogP contribution in [-0.4, -0.2) is 15.6 Å². The molecule has 1 aliphatic heterocycles. The Morgan fingerprint density at radius 2 is 1.94 bits per heavy atom. The summed E-state index contributed by atoms with van der Waals surface area (Å²) in [6.45, 7) is 0.902. The largest absolute Gasteiger partial charge is 0.344 e. The van der Waals surface area contributed by atoms with Crippen molar-refractivity contribution in [3.63, 3.8) is 0 Å². The van der Waals surface area contributed by atoms with Gasteiger partial charge in [0.15, 0.2) is 0 Å². The summed E-state index contributed by atoms with van der Waals surface area (Å²) < 4.78 is 2.14. The Kier molecular flexibility index (Phi) is 2.71. The van der Waals surface area contributed by atoms with Crippen LogP contribution in [0.5, 0.6) is 0 Å². The van der Waals surface area contributed by atoms with Crippen LogP contribution in [0, 0.1) is 0 Å². The average Bonchev–Trinajstić information content (AvgIpc) is 2.72. The first kappa shape index (κ1) is 11.5. The summed E-state index contributed by atoms with van der Waals surface area (Å²) in [6, 6.07) is 7.69. The monoisotopic (exact) mass is 261 g/mol. The van der Waals surface area contributed by atoms with E-state index in [2.05, 4.69) is 4.57 Å². The van der Waals surface area contributed by atoms with Crippen LogP contribution in [0.25, 0.3) is 10.9 Å². The minimum Gasteiger partial charge on any atom is -0.344 e. The molecule has 2 heterocycles. The minimum absolute atomic E-state index is 0.505. The Hall–Kier alpha value is -1.61. The van der Waals surface area contributed by atoms with Crippen molar-refractivity contribution in [1.82, 2.24) is 4.57 Å². The molecule has 0 amide bonds. The van der Waals surface area contributed by atoms with E-state index in [4.69, 9.17) is 11.6 Å². The van der Waals surface area contributed by atoms with Crippen molar-refractivity contribution in [3.8, 4) is 0 Å². The molecule has 0 unspecified atom stereocenters. The zero-order chi connectivity index (χ0) is 12.7. The van der Waals surface area contributed by atoms with Crippen molar-refractivity contribution in [2.45, 2.75) is 25.8 Å². The number of Topliss-reactive ketones (excluding diaryl/α,β-unsaturated/α-hetero) is 1. The number of halogens is 1. The number of ketones is 1. The molecule has 0 spiro atoms. The number of fused-ring (bicyclic) bond motifs is 3. The standard InChI is InChI=1S/C14H12ClNO2/c15-14(18)13(17)12-9-5-1-2-6-10(9)16-8-4-3-7-11(12)16/h1-2,5-6H,3-4,7-8H2. The second-order valence-corrected chi connectivity index (χ2v) is 4.89. The maximum Gasteiger partial charge on any atom is 0.293 e. The summed E-state index contributed by atoms with van der Waals surface area (Å²) in [5, 5.41) is -0.0619. The molecule has 0 bridgehead atoms. The van der Waals surface area contributed by atoms with E-state index < -0.39 is 11.0 Å². The molecule has 2 aromatic rings. The fraction of sp³-hybridized carbons (Fsp3) is 0.286. The van der Waals surface area contributed by atoms with Gasteiger partial charge < -0.3 is 4.57 Å². The highest BCUT2D eigenvalue weighted by Crippen LogP contribution is 2.31. The van der Waals surface area contributed by atoms with Gasteiger partial charge >= 0.3 is 0 Å². The highest BCUT2D eigenvalue weighted by Gasteiger charge is 2.26. The number of rotatable bonds is 2. The summed E-state index contributed by atoms with van der Waals surface area (Å²) >= 11 is 5.36. The van der Waals surface area contributed by atoms with E-state index in [9.17, 15) is 9.59 Å². The van der Waals surface area contributed by atoms with Gasteiger partial charge in [-0.2, -0.15) is 0 Å². The SMILES string of the molecule is O=C(Cl)C(=O)c1c2n(c3ccccc13)CCCC2. The van der Waals surface area contributed by atoms with Crippen LogP contribution in [0.2, 0.25) is 0 Å². The molecule has 0 N–H and O–H groups in total. The van der Waals surface area contributed by atoms with Crippen molar-refractivity contribution in [2.24, 2.45) is 0 Å². The predicted octanol–water partition coefficient (Wildman–Crippen LogP) is 2.93. The van der Waals surface area contributed by atoms with E-state index in [1.54, 1.807) is 0 Å². The molecule has 0 aliphatic carbocycles. The zero-order valence-corrected chi connectivity index (χ0v) is 10.5. The normalized spacial score (nSPS) is 14.5. The van der Waals surface area contributed by atoms with Crippen LogP contribution >= 0.6 is 11.6 Å². The van der Waals surface area contributed by atoms with Crippen LogP contribution in [0.4, 0.5) is 0 Å². The van der Waals surface area contributed by atoms with Crippen LogP contribution in [0.15, 0.2) is 24.3 Å². The van der Waals surface area contributed by atoms with Crippen molar-refractivity contribution in [2.75, 3.05) is 0 Å². The number of carbonyl (C=O) groups is 2. The molecule has 3 rings (SSSR count). The number of hydrogen-bond acceptors (Lipinski definition) is 2. The van der Waals surface area contributed by atoms with E-state index in [1.807, 2.05) is 24.3 Å². The summed E-state index contributed by atoms with van der Waals surface area (Å²) in [5.74, 6) is -0.580. The second kappa shape index (κ2) is 4.25. The molecule has 1 aromatic heterocycles. The third kappa shape index (κ3) is 1.58. The third-order valence-electron chi connectivity index (χ3n) is 3.53. The summed E-state index contributed by atoms with van der Waals surface area (Å²) in [7, 11) is 0. The molecule has 92 valence electrons. The van der Waals surface area contributed by atoms with Gasteiger partial charge in [0.2, 0.25) is 5.78 Å². The lowest BCUT2D eigenvalue weighted by atomic mass is 10.0. The van der Waals surface area contributed by atoms with Gasteiger partial charge in [-0.05, 0) is 36.9 Å². The van der Waals surface area contributed by atoms with E-state index in [-0.39, 0.29) is 0 Å². The highest BCUT2D eigenvalue weighted by molar-refractivity contribution is 6.83. The molecule has 3 nitrogen and oxygen atoms in total. The first-order valence-electron chi connectivity index (χ1n) is 6.04. The molecular formula is C14H12ClNO2. The molecule has 0 fully saturated rings. The fourth-order valence-electron chi connectivity index (χ4n) is 2.79. The van der Waals surface area contributed by atoms with Gasteiger partial charge in [0.05, 0.1) is 5.56 Å². The van der Waals surface area contributed by atoms with Crippen LogP contribution in [0.3, 0.4) is 0 Å². The van der Waals surface area contributed by atoms with Gasteiger partial charge in [-0.3, -0.25) is 9.59 Å².